The van der Waals surface area contributed by atoms with Crippen LogP contribution in [0.1, 0.15) is 49.8 Å². The first-order valence-corrected chi connectivity index (χ1v) is 10.4. The number of hydrogen-bond donors (Lipinski definition) is 1. The van der Waals surface area contributed by atoms with Crippen LogP contribution in [0, 0.1) is 0 Å². The zero-order valence-electron chi connectivity index (χ0n) is 14.6. The molecule has 1 aliphatic carbocycles. The van der Waals surface area contributed by atoms with Crippen LogP contribution in [-0.2, 0) is 28.6 Å². The largest absolute Gasteiger partial charge is 0.300 e. The second-order valence-corrected chi connectivity index (χ2v) is 8.38. The topological polar surface area (TPSA) is 49.4 Å². The number of nitrogens with zero attached hydrogens (tertiary/aromatic N) is 1. The third-order valence-electron chi connectivity index (χ3n) is 4.75. The number of nitrogens with one attached hydrogen (secondary N) is 1. The molecule has 5 heteroatoms. The van der Waals surface area contributed by atoms with E-state index in [9.17, 15) is 8.42 Å². The van der Waals surface area contributed by atoms with E-state index < -0.39 is 10.0 Å². The maximum absolute atomic E-state index is 12.0. The molecule has 0 aromatic heterocycles. The molecule has 2 rings (SSSR count). The van der Waals surface area contributed by atoms with Gasteiger partial charge in [-0.25, -0.2) is 13.1 Å². The number of fused-ring (bicyclic) bond motifs is 1. The van der Waals surface area contributed by atoms with E-state index in [2.05, 4.69) is 29.5 Å². The van der Waals surface area contributed by atoms with E-state index >= 15 is 0 Å². The Hall–Kier alpha value is -0.910. The minimum absolute atomic E-state index is 0.0843. The van der Waals surface area contributed by atoms with Crippen LogP contribution in [0.15, 0.2) is 18.2 Å². The van der Waals surface area contributed by atoms with Gasteiger partial charge in [0.25, 0.3) is 0 Å². The van der Waals surface area contributed by atoms with Gasteiger partial charge >= 0.3 is 0 Å². The Kier molecular flexibility index (Phi) is 6.62. The van der Waals surface area contributed by atoms with E-state index in [0.29, 0.717) is 6.04 Å². The summed E-state index contributed by atoms with van der Waals surface area (Å²) < 4.78 is 26.3. The molecule has 1 N–H and O–H groups in total. The van der Waals surface area contributed by atoms with E-state index in [4.69, 9.17) is 0 Å². The standard InChI is InChI=1S/C18H30N2O2S/c1-4-11-20(12-5-2)17-10-9-15-7-6-8-16(18(15)13-17)14-23(21,22)19-3/h6-8,17,19H,4-5,9-14H2,1-3H3. The van der Waals surface area contributed by atoms with Crippen LogP contribution in [0.5, 0.6) is 0 Å². The van der Waals surface area contributed by atoms with Crippen LogP contribution in [-0.4, -0.2) is 39.5 Å². The van der Waals surface area contributed by atoms with Gasteiger partial charge in [0.2, 0.25) is 10.0 Å². The average Bonchev–Trinajstić information content (AvgIpc) is 2.54. The van der Waals surface area contributed by atoms with Crippen molar-refractivity contribution in [3.05, 3.63) is 34.9 Å². The van der Waals surface area contributed by atoms with Gasteiger partial charge in [-0.3, -0.25) is 0 Å². The van der Waals surface area contributed by atoms with Crippen LogP contribution < -0.4 is 4.72 Å². The molecule has 0 saturated carbocycles. The fourth-order valence-corrected chi connectivity index (χ4v) is 4.44. The van der Waals surface area contributed by atoms with Crippen molar-refractivity contribution < 1.29 is 8.42 Å². The van der Waals surface area contributed by atoms with Crippen molar-refractivity contribution >= 4 is 10.0 Å². The van der Waals surface area contributed by atoms with Gasteiger partial charge in [0.15, 0.2) is 0 Å². The van der Waals surface area contributed by atoms with Crippen molar-refractivity contribution in [3.63, 3.8) is 0 Å². The Morgan fingerprint density at radius 3 is 2.52 bits per heavy atom. The van der Waals surface area contributed by atoms with Gasteiger partial charge in [-0.2, -0.15) is 0 Å². The predicted molar refractivity (Wildman–Crippen MR) is 96.1 cm³/mol. The maximum Gasteiger partial charge on any atom is 0.215 e. The number of aryl methyl sites for hydroxylation is 1. The lowest BCUT2D eigenvalue weighted by molar-refractivity contribution is 0.180. The van der Waals surface area contributed by atoms with Gasteiger partial charge in [0.1, 0.15) is 0 Å². The highest BCUT2D eigenvalue weighted by atomic mass is 32.2. The fourth-order valence-electron chi connectivity index (χ4n) is 3.62. The lowest BCUT2D eigenvalue weighted by Crippen LogP contribution is -2.40. The molecule has 1 aliphatic rings. The van der Waals surface area contributed by atoms with Crippen molar-refractivity contribution in [3.8, 4) is 0 Å². The summed E-state index contributed by atoms with van der Waals surface area (Å²) in [4.78, 5) is 2.59. The van der Waals surface area contributed by atoms with Crippen molar-refractivity contribution in [2.45, 2.75) is 57.7 Å². The third-order valence-corrected chi connectivity index (χ3v) is 6.06. The number of hydrogen-bond acceptors (Lipinski definition) is 3. The van der Waals surface area contributed by atoms with E-state index in [1.165, 1.54) is 37.4 Å². The van der Waals surface area contributed by atoms with Crippen molar-refractivity contribution in [1.82, 2.24) is 9.62 Å². The SMILES string of the molecule is CCCN(CCC)C1CCc2cccc(CS(=O)(=O)NC)c2C1. The van der Waals surface area contributed by atoms with Gasteiger partial charge in [-0.05, 0) is 68.9 Å². The van der Waals surface area contributed by atoms with Gasteiger partial charge in [0.05, 0.1) is 5.75 Å². The molecular formula is C18H30N2O2S. The number of rotatable bonds is 8. The minimum Gasteiger partial charge on any atom is -0.300 e. The molecule has 0 aliphatic heterocycles. The van der Waals surface area contributed by atoms with Crippen LogP contribution in [0.25, 0.3) is 0 Å². The fraction of sp³-hybridized carbons (Fsp3) is 0.667. The molecule has 0 fully saturated rings. The minimum atomic E-state index is -3.23. The first kappa shape index (κ1) is 18.4. The van der Waals surface area contributed by atoms with Gasteiger partial charge in [-0.1, -0.05) is 32.0 Å². The van der Waals surface area contributed by atoms with Crippen LogP contribution in [0.3, 0.4) is 0 Å². The lowest BCUT2D eigenvalue weighted by Gasteiger charge is -2.35. The maximum atomic E-state index is 12.0. The summed E-state index contributed by atoms with van der Waals surface area (Å²) in [6.07, 6.45) is 5.54. The Bertz CT molecular complexity index is 607. The quantitative estimate of drug-likeness (QED) is 0.793. The molecule has 130 valence electrons. The summed E-state index contributed by atoms with van der Waals surface area (Å²) in [5.74, 6) is 0.0843. The first-order valence-electron chi connectivity index (χ1n) is 8.75. The van der Waals surface area contributed by atoms with Crippen molar-refractivity contribution in [2.75, 3.05) is 20.1 Å². The van der Waals surface area contributed by atoms with E-state index in [0.717, 1.165) is 31.5 Å². The summed E-state index contributed by atoms with van der Waals surface area (Å²) in [6, 6.07) is 6.67. The summed E-state index contributed by atoms with van der Waals surface area (Å²) in [5.41, 5.74) is 3.56. The van der Waals surface area contributed by atoms with E-state index in [1.807, 2.05) is 12.1 Å². The Balaban J connectivity index is 2.24. The van der Waals surface area contributed by atoms with Crippen LogP contribution in [0.4, 0.5) is 0 Å². The molecule has 0 bridgehead atoms. The lowest BCUT2D eigenvalue weighted by atomic mass is 9.85. The van der Waals surface area contributed by atoms with Crippen LogP contribution in [0.2, 0.25) is 0 Å². The molecule has 1 unspecified atom stereocenters. The van der Waals surface area contributed by atoms with Gasteiger partial charge in [0, 0.05) is 6.04 Å². The number of sulfonamides is 1. The van der Waals surface area contributed by atoms with Crippen molar-refractivity contribution in [2.24, 2.45) is 0 Å². The number of benzene rings is 1. The highest BCUT2D eigenvalue weighted by Gasteiger charge is 2.26. The van der Waals surface area contributed by atoms with E-state index in [-0.39, 0.29) is 5.75 Å². The molecule has 1 aromatic rings. The Morgan fingerprint density at radius 2 is 1.91 bits per heavy atom. The molecule has 0 saturated heterocycles. The van der Waals surface area contributed by atoms with Gasteiger partial charge < -0.3 is 4.90 Å². The third kappa shape index (κ3) is 4.78. The monoisotopic (exact) mass is 338 g/mol. The highest BCUT2D eigenvalue weighted by molar-refractivity contribution is 7.88. The average molecular weight is 339 g/mol. The zero-order valence-corrected chi connectivity index (χ0v) is 15.5. The molecule has 1 atom stereocenters. The molecular weight excluding hydrogens is 308 g/mol. The molecule has 0 amide bonds. The molecule has 4 nitrogen and oxygen atoms in total. The summed E-state index contributed by atoms with van der Waals surface area (Å²) >= 11 is 0. The Morgan fingerprint density at radius 1 is 1.22 bits per heavy atom. The summed E-state index contributed by atoms with van der Waals surface area (Å²) in [6.45, 7) is 6.71. The summed E-state index contributed by atoms with van der Waals surface area (Å²) in [7, 11) is -1.74. The second kappa shape index (κ2) is 8.27. The molecule has 0 radical (unpaired) electrons. The van der Waals surface area contributed by atoms with Gasteiger partial charge in [-0.15, -0.1) is 0 Å². The molecule has 0 heterocycles. The highest BCUT2D eigenvalue weighted by Crippen LogP contribution is 2.28. The summed E-state index contributed by atoms with van der Waals surface area (Å²) in [5, 5.41) is 0. The predicted octanol–water partition coefficient (Wildman–Crippen LogP) is 2.72. The van der Waals surface area contributed by atoms with Crippen molar-refractivity contribution in [1.29, 1.82) is 0 Å². The molecule has 0 spiro atoms. The first-order chi connectivity index (χ1) is 11.0. The zero-order chi connectivity index (χ0) is 16.9. The van der Waals surface area contributed by atoms with E-state index in [1.54, 1.807) is 0 Å². The molecule has 23 heavy (non-hydrogen) atoms. The smallest absolute Gasteiger partial charge is 0.215 e. The van der Waals surface area contributed by atoms with Crippen LogP contribution >= 0.6 is 0 Å². The Labute approximate surface area is 141 Å². The molecule has 1 aromatic carbocycles. The second-order valence-electron chi connectivity index (χ2n) is 6.45. The normalized spacial score (nSPS) is 18.2.